The highest BCUT2D eigenvalue weighted by atomic mass is 16.4. The molecule has 0 aliphatic heterocycles. The molecule has 1 fully saturated rings. The van der Waals surface area contributed by atoms with Gasteiger partial charge in [0.1, 0.15) is 0 Å². The first-order valence-corrected chi connectivity index (χ1v) is 5.79. The van der Waals surface area contributed by atoms with Crippen LogP contribution < -0.4 is 5.73 Å². The zero-order valence-electron chi connectivity index (χ0n) is 9.98. The van der Waals surface area contributed by atoms with E-state index in [0.29, 0.717) is 17.8 Å². The van der Waals surface area contributed by atoms with Gasteiger partial charge in [0.25, 0.3) is 0 Å². The molecule has 0 bridgehead atoms. The van der Waals surface area contributed by atoms with Crippen LogP contribution >= 0.6 is 0 Å². The molecule has 0 amide bonds. The molecule has 0 radical (unpaired) electrons. The van der Waals surface area contributed by atoms with Crippen molar-refractivity contribution in [3.63, 3.8) is 0 Å². The van der Waals surface area contributed by atoms with Gasteiger partial charge in [0.05, 0.1) is 6.04 Å². The summed E-state index contributed by atoms with van der Waals surface area (Å²) in [5.74, 6) is 1.02. The van der Waals surface area contributed by atoms with Crippen LogP contribution in [-0.4, -0.2) is 34.6 Å². The highest BCUT2D eigenvalue weighted by Gasteiger charge is 2.33. The molecule has 88 valence electrons. The van der Waals surface area contributed by atoms with Crippen LogP contribution in [0, 0.1) is 5.92 Å². The summed E-state index contributed by atoms with van der Waals surface area (Å²) in [5, 5.41) is 11.8. The predicted octanol–water partition coefficient (Wildman–Crippen LogP) is 1.63. The Hall–Kier alpha value is -0.770. The van der Waals surface area contributed by atoms with Gasteiger partial charge in [0, 0.05) is 6.04 Å². The van der Waals surface area contributed by atoms with E-state index < -0.39 is 0 Å². The van der Waals surface area contributed by atoms with Crippen LogP contribution in [0.5, 0.6) is 0 Å². The van der Waals surface area contributed by atoms with E-state index in [2.05, 4.69) is 23.9 Å². The van der Waals surface area contributed by atoms with Gasteiger partial charge < -0.3 is 10.9 Å². The quantitative estimate of drug-likeness (QED) is 0.305. The van der Waals surface area contributed by atoms with Gasteiger partial charge >= 0.3 is 0 Å². The van der Waals surface area contributed by atoms with Crippen LogP contribution in [0.2, 0.25) is 0 Å². The summed E-state index contributed by atoms with van der Waals surface area (Å²) < 4.78 is 0. The maximum Gasteiger partial charge on any atom is 0.156 e. The summed E-state index contributed by atoms with van der Waals surface area (Å²) in [5.41, 5.74) is 5.65. The third-order valence-corrected chi connectivity index (χ3v) is 3.02. The summed E-state index contributed by atoms with van der Waals surface area (Å²) in [6, 6.07) is 0.709. The van der Waals surface area contributed by atoms with E-state index in [4.69, 9.17) is 10.9 Å². The first-order chi connectivity index (χ1) is 7.06. The Morgan fingerprint density at radius 3 is 2.47 bits per heavy atom. The largest absolute Gasteiger partial charge is 0.409 e. The number of nitrogens with two attached hydrogens (primary N) is 1. The zero-order chi connectivity index (χ0) is 11.4. The van der Waals surface area contributed by atoms with E-state index in [-0.39, 0.29) is 6.04 Å². The van der Waals surface area contributed by atoms with Gasteiger partial charge in [0.2, 0.25) is 0 Å². The number of hydrogen-bond acceptors (Lipinski definition) is 3. The lowest BCUT2D eigenvalue weighted by atomic mass is 10.1. The lowest BCUT2D eigenvalue weighted by Crippen LogP contribution is -2.44. The Labute approximate surface area is 92.1 Å². The van der Waals surface area contributed by atoms with Crippen molar-refractivity contribution in [3.8, 4) is 0 Å². The van der Waals surface area contributed by atoms with E-state index in [1.54, 1.807) is 0 Å². The lowest BCUT2D eigenvalue weighted by Gasteiger charge is -2.28. The average Bonchev–Trinajstić information content (AvgIpc) is 3.00. The van der Waals surface area contributed by atoms with Crippen LogP contribution in [0.3, 0.4) is 0 Å². The maximum absolute atomic E-state index is 8.67. The first kappa shape index (κ1) is 12.3. The van der Waals surface area contributed by atoms with Crippen molar-refractivity contribution in [3.05, 3.63) is 0 Å². The monoisotopic (exact) mass is 213 g/mol. The Balaban J connectivity index is 2.49. The fraction of sp³-hybridized carbons (Fsp3) is 0.909. The van der Waals surface area contributed by atoms with Crippen molar-refractivity contribution < 1.29 is 5.21 Å². The number of rotatable bonds is 6. The van der Waals surface area contributed by atoms with Crippen molar-refractivity contribution in [2.75, 3.05) is 6.54 Å². The summed E-state index contributed by atoms with van der Waals surface area (Å²) in [6.07, 6.45) is 3.67. The smallest absolute Gasteiger partial charge is 0.156 e. The second-order valence-electron chi connectivity index (χ2n) is 4.85. The van der Waals surface area contributed by atoms with Gasteiger partial charge in [-0.15, -0.1) is 0 Å². The summed E-state index contributed by atoms with van der Waals surface area (Å²) in [6.45, 7) is 7.49. The molecule has 4 heteroatoms. The highest BCUT2D eigenvalue weighted by Crippen LogP contribution is 2.29. The predicted molar refractivity (Wildman–Crippen MR) is 62.1 cm³/mol. The zero-order valence-corrected chi connectivity index (χ0v) is 9.98. The molecule has 1 atom stereocenters. The fourth-order valence-electron chi connectivity index (χ4n) is 1.76. The maximum atomic E-state index is 8.67. The molecule has 1 rings (SSSR count). The molecule has 0 aromatic heterocycles. The summed E-state index contributed by atoms with van der Waals surface area (Å²) in [4.78, 5) is 2.36. The van der Waals surface area contributed by atoms with Gasteiger partial charge in [-0.25, -0.2) is 0 Å². The first-order valence-electron chi connectivity index (χ1n) is 5.79. The minimum atomic E-state index is 0.0567. The van der Waals surface area contributed by atoms with Crippen molar-refractivity contribution in [2.45, 2.75) is 52.1 Å². The van der Waals surface area contributed by atoms with Crippen molar-refractivity contribution in [1.29, 1.82) is 0 Å². The van der Waals surface area contributed by atoms with Crippen LogP contribution in [0.1, 0.15) is 40.0 Å². The standard InChI is InChI=1S/C11H23N3O/c1-8(2)6-7-14(10-4-5-10)9(3)11(12)13-15/h8-10,15H,4-7H2,1-3H3,(H2,12,13). The van der Waals surface area contributed by atoms with E-state index in [1.165, 1.54) is 19.3 Å². The molecule has 4 nitrogen and oxygen atoms in total. The lowest BCUT2D eigenvalue weighted by molar-refractivity contribution is 0.221. The van der Waals surface area contributed by atoms with Gasteiger partial charge in [-0.1, -0.05) is 19.0 Å². The molecule has 1 aliphatic rings. The average molecular weight is 213 g/mol. The molecular formula is C11H23N3O. The van der Waals surface area contributed by atoms with Crippen molar-refractivity contribution in [2.24, 2.45) is 16.8 Å². The van der Waals surface area contributed by atoms with Crippen LogP contribution in [0.25, 0.3) is 0 Å². The molecule has 0 heterocycles. The summed E-state index contributed by atoms with van der Waals surface area (Å²) >= 11 is 0. The van der Waals surface area contributed by atoms with E-state index in [9.17, 15) is 0 Å². The number of nitrogens with zero attached hydrogens (tertiary/aromatic N) is 2. The topological polar surface area (TPSA) is 61.8 Å². The van der Waals surface area contributed by atoms with Gasteiger partial charge in [-0.05, 0) is 38.6 Å². The Morgan fingerprint density at radius 1 is 1.47 bits per heavy atom. The molecule has 0 aromatic carbocycles. The third-order valence-electron chi connectivity index (χ3n) is 3.02. The van der Waals surface area contributed by atoms with E-state index >= 15 is 0 Å². The van der Waals surface area contributed by atoms with Gasteiger partial charge in [0.15, 0.2) is 5.84 Å². The second kappa shape index (κ2) is 5.35. The van der Waals surface area contributed by atoms with Gasteiger partial charge in [-0.3, -0.25) is 4.90 Å². The molecule has 1 unspecified atom stereocenters. The molecule has 15 heavy (non-hydrogen) atoms. The number of amidine groups is 1. The molecule has 3 N–H and O–H groups in total. The molecule has 0 spiro atoms. The van der Waals surface area contributed by atoms with Crippen LogP contribution in [-0.2, 0) is 0 Å². The molecule has 1 saturated carbocycles. The third kappa shape index (κ3) is 3.70. The highest BCUT2D eigenvalue weighted by molar-refractivity contribution is 5.84. The molecular weight excluding hydrogens is 190 g/mol. The Kier molecular flexibility index (Phi) is 4.39. The number of oxime groups is 1. The molecule has 1 aliphatic carbocycles. The van der Waals surface area contributed by atoms with Crippen LogP contribution in [0.15, 0.2) is 5.16 Å². The van der Waals surface area contributed by atoms with Gasteiger partial charge in [-0.2, -0.15) is 0 Å². The summed E-state index contributed by atoms with van der Waals surface area (Å²) in [7, 11) is 0. The van der Waals surface area contributed by atoms with Crippen molar-refractivity contribution >= 4 is 5.84 Å². The molecule has 0 aromatic rings. The van der Waals surface area contributed by atoms with Crippen molar-refractivity contribution in [1.82, 2.24) is 4.90 Å². The SMILES string of the molecule is CC(C)CCN(C1CC1)C(C)C(N)=NO. The number of hydrogen-bond donors (Lipinski definition) is 2. The van der Waals surface area contributed by atoms with E-state index in [0.717, 1.165) is 6.54 Å². The fourth-order valence-corrected chi connectivity index (χ4v) is 1.76. The Morgan fingerprint density at radius 2 is 2.07 bits per heavy atom. The minimum Gasteiger partial charge on any atom is -0.409 e. The van der Waals surface area contributed by atoms with Crippen LogP contribution in [0.4, 0.5) is 0 Å². The van der Waals surface area contributed by atoms with E-state index in [1.807, 2.05) is 6.92 Å². The second-order valence-corrected chi connectivity index (χ2v) is 4.85. The minimum absolute atomic E-state index is 0.0567. The Bertz CT molecular complexity index is 224. The normalized spacial score (nSPS) is 19.9. The molecule has 0 saturated heterocycles.